The highest BCUT2D eigenvalue weighted by Gasteiger charge is 2.33. The van der Waals surface area contributed by atoms with Gasteiger partial charge in [-0.15, -0.1) is 0 Å². The van der Waals surface area contributed by atoms with Gasteiger partial charge in [-0.05, 0) is 18.9 Å². The summed E-state index contributed by atoms with van der Waals surface area (Å²) in [5.74, 6) is 0.566. The lowest BCUT2D eigenvalue weighted by Crippen LogP contribution is -2.54. The first kappa shape index (κ1) is 14.5. The third-order valence-electron chi connectivity index (χ3n) is 4.59. The van der Waals surface area contributed by atoms with E-state index in [9.17, 15) is 4.79 Å². The van der Waals surface area contributed by atoms with Crippen LogP contribution in [0.4, 0.5) is 0 Å². The van der Waals surface area contributed by atoms with Gasteiger partial charge in [0, 0.05) is 45.3 Å². The van der Waals surface area contributed by atoms with Gasteiger partial charge >= 0.3 is 0 Å². The number of hydrogen-bond donors (Lipinski definition) is 1. The Hall–Kier alpha value is -1.39. The zero-order valence-corrected chi connectivity index (χ0v) is 12.8. The summed E-state index contributed by atoms with van der Waals surface area (Å²) in [6, 6.07) is 10.9. The molecule has 2 heterocycles. The van der Waals surface area contributed by atoms with E-state index >= 15 is 0 Å². The molecule has 0 aromatic heterocycles. The molecule has 1 atom stereocenters. The molecule has 0 saturated carbocycles. The Kier molecular flexibility index (Phi) is 4.56. The Labute approximate surface area is 127 Å². The molecule has 1 amide bonds. The highest BCUT2D eigenvalue weighted by molar-refractivity contribution is 5.80. The molecule has 2 saturated heterocycles. The Morgan fingerprint density at radius 1 is 1.24 bits per heavy atom. The molecule has 4 nitrogen and oxygen atoms in total. The van der Waals surface area contributed by atoms with E-state index in [1.807, 2.05) is 0 Å². The van der Waals surface area contributed by atoms with E-state index in [2.05, 4.69) is 52.4 Å². The predicted molar refractivity (Wildman–Crippen MR) is 83.9 cm³/mol. The van der Waals surface area contributed by atoms with Crippen LogP contribution in [-0.2, 0) is 11.3 Å². The number of carbonyl (C=O) groups excluding carboxylic acids is 1. The molecule has 2 fully saturated rings. The van der Waals surface area contributed by atoms with Crippen molar-refractivity contribution in [1.82, 2.24) is 15.1 Å². The maximum Gasteiger partial charge on any atom is 0.228 e. The van der Waals surface area contributed by atoms with Crippen LogP contribution in [0, 0.1) is 5.92 Å². The maximum atomic E-state index is 12.5. The van der Waals surface area contributed by atoms with Crippen LogP contribution in [0.15, 0.2) is 30.3 Å². The second-order valence-corrected chi connectivity index (χ2v) is 6.31. The van der Waals surface area contributed by atoms with Gasteiger partial charge in [0.15, 0.2) is 0 Å². The molecular formula is C17H25N3O. The third-order valence-corrected chi connectivity index (χ3v) is 4.59. The minimum atomic E-state index is 0.216. The van der Waals surface area contributed by atoms with Gasteiger partial charge in [0.25, 0.3) is 0 Å². The van der Waals surface area contributed by atoms with Gasteiger partial charge in [-0.3, -0.25) is 9.69 Å². The molecule has 1 aromatic rings. The second kappa shape index (κ2) is 6.58. The van der Waals surface area contributed by atoms with Crippen molar-refractivity contribution >= 4 is 5.91 Å². The third kappa shape index (κ3) is 3.44. The van der Waals surface area contributed by atoms with Crippen molar-refractivity contribution in [3.8, 4) is 0 Å². The molecule has 0 bridgehead atoms. The fraction of sp³-hybridized carbons (Fsp3) is 0.588. The van der Waals surface area contributed by atoms with Crippen LogP contribution in [0.3, 0.4) is 0 Å². The molecule has 1 unspecified atom stereocenters. The molecule has 114 valence electrons. The van der Waals surface area contributed by atoms with Crippen molar-refractivity contribution in [2.75, 3.05) is 32.7 Å². The molecule has 2 aliphatic heterocycles. The van der Waals surface area contributed by atoms with E-state index in [1.54, 1.807) is 0 Å². The number of nitrogens with zero attached hydrogens (tertiary/aromatic N) is 2. The zero-order valence-electron chi connectivity index (χ0n) is 12.8. The van der Waals surface area contributed by atoms with Crippen LogP contribution in [0.1, 0.15) is 18.9 Å². The van der Waals surface area contributed by atoms with Crippen molar-refractivity contribution in [2.45, 2.75) is 25.9 Å². The molecule has 0 radical (unpaired) electrons. The van der Waals surface area contributed by atoms with Gasteiger partial charge in [0.1, 0.15) is 0 Å². The first-order chi connectivity index (χ1) is 10.2. The van der Waals surface area contributed by atoms with E-state index in [0.717, 1.165) is 45.7 Å². The summed E-state index contributed by atoms with van der Waals surface area (Å²) in [5, 5.41) is 3.20. The topological polar surface area (TPSA) is 35.6 Å². The zero-order chi connectivity index (χ0) is 14.7. The number of nitrogens with one attached hydrogen (secondary N) is 1. The number of benzene rings is 1. The number of amides is 1. The largest absolute Gasteiger partial charge is 0.338 e. The second-order valence-electron chi connectivity index (χ2n) is 6.31. The van der Waals surface area contributed by atoms with Crippen molar-refractivity contribution in [2.24, 2.45) is 5.92 Å². The van der Waals surface area contributed by atoms with Crippen LogP contribution >= 0.6 is 0 Å². The number of carbonyl (C=O) groups is 1. The van der Waals surface area contributed by atoms with Crippen LogP contribution in [0.25, 0.3) is 0 Å². The molecule has 3 rings (SSSR count). The molecular weight excluding hydrogens is 262 g/mol. The summed E-state index contributed by atoms with van der Waals surface area (Å²) < 4.78 is 0. The molecule has 0 aliphatic carbocycles. The van der Waals surface area contributed by atoms with Gasteiger partial charge < -0.3 is 10.2 Å². The average Bonchev–Trinajstić information content (AvgIpc) is 2.59. The number of hydrogen-bond acceptors (Lipinski definition) is 3. The van der Waals surface area contributed by atoms with E-state index < -0.39 is 0 Å². The highest BCUT2D eigenvalue weighted by Crippen LogP contribution is 2.17. The summed E-state index contributed by atoms with van der Waals surface area (Å²) in [5.41, 5.74) is 1.35. The lowest BCUT2D eigenvalue weighted by molar-refractivity contribution is -0.139. The van der Waals surface area contributed by atoms with Crippen molar-refractivity contribution in [1.29, 1.82) is 0 Å². The molecule has 1 aromatic carbocycles. The summed E-state index contributed by atoms with van der Waals surface area (Å²) in [7, 11) is 0. The molecule has 21 heavy (non-hydrogen) atoms. The highest BCUT2D eigenvalue weighted by atomic mass is 16.2. The van der Waals surface area contributed by atoms with Gasteiger partial charge in [0.05, 0.1) is 5.92 Å². The average molecular weight is 287 g/mol. The van der Waals surface area contributed by atoms with Crippen LogP contribution in [0.5, 0.6) is 0 Å². The standard InChI is InChI=1S/C17H25N3O/c1-14-12-19(13-15-6-3-2-4-7-15)8-5-9-20(14)17(21)16-10-18-11-16/h2-4,6-7,14,16,18H,5,8-13H2,1H3. The molecule has 1 N–H and O–H groups in total. The SMILES string of the molecule is CC1CN(Cc2ccccc2)CCCN1C(=O)C1CNC1. The van der Waals surface area contributed by atoms with Gasteiger partial charge in [-0.1, -0.05) is 30.3 Å². The summed E-state index contributed by atoms with van der Waals surface area (Å²) >= 11 is 0. The van der Waals surface area contributed by atoms with Crippen LogP contribution in [-0.4, -0.2) is 54.5 Å². The fourth-order valence-corrected chi connectivity index (χ4v) is 3.26. The van der Waals surface area contributed by atoms with E-state index in [4.69, 9.17) is 0 Å². The Morgan fingerprint density at radius 2 is 2.00 bits per heavy atom. The van der Waals surface area contributed by atoms with Crippen LogP contribution < -0.4 is 5.32 Å². The van der Waals surface area contributed by atoms with Gasteiger partial charge in [-0.2, -0.15) is 0 Å². The molecule has 4 heteroatoms. The maximum absolute atomic E-state index is 12.5. The first-order valence-corrected chi connectivity index (χ1v) is 8.01. The fourth-order valence-electron chi connectivity index (χ4n) is 3.26. The Balaban J connectivity index is 1.60. The van der Waals surface area contributed by atoms with E-state index in [0.29, 0.717) is 11.9 Å². The Bertz CT molecular complexity index is 472. The van der Waals surface area contributed by atoms with E-state index in [1.165, 1.54) is 5.56 Å². The van der Waals surface area contributed by atoms with Crippen molar-refractivity contribution in [3.05, 3.63) is 35.9 Å². The number of rotatable bonds is 3. The quantitative estimate of drug-likeness (QED) is 0.911. The van der Waals surface area contributed by atoms with Crippen molar-refractivity contribution < 1.29 is 4.79 Å². The summed E-state index contributed by atoms with van der Waals surface area (Å²) in [6.45, 7) is 7.84. The monoisotopic (exact) mass is 287 g/mol. The Morgan fingerprint density at radius 3 is 2.67 bits per heavy atom. The molecule has 0 spiro atoms. The first-order valence-electron chi connectivity index (χ1n) is 8.01. The molecule has 2 aliphatic rings. The normalized spacial score (nSPS) is 24.4. The smallest absolute Gasteiger partial charge is 0.228 e. The van der Waals surface area contributed by atoms with Gasteiger partial charge in [0.2, 0.25) is 5.91 Å². The lowest BCUT2D eigenvalue weighted by Gasteiger charge is -2.35. The van der Waals surface area contributed by atoms with Crippen LogP contribution in [0.2, 0.25) is 0 Å². The predicted octanol–water partition coefficient (Wildman–Crippen LogP) is 1.33. The lowest BCUT2D eigenvalue weighted by atomic mass is 10.0. The van der Waals surface area contributed by atoms with Gasteiger partial charge in [-0.25, -0.2) is 0 Å². The minimum absolute atomic E-state index is 0.216. The van der Waals surface area contributed by atoms with E-state index in [-0.39, 0.29) is 5.92 Å². The van der Waals surface area contributed by atoms with Crippen molar-refractivity contribution in [3.63, 3.8) is 0 Å². The summed E-state index contributed by atoms with van der Waals surface area (Å²) in [4.78, 5) is 17.1. The minimum Gasteiger partial charge on any atom is -0.338 e. The summed E-state index contributed by atoms with van der Waals surface area (Å²) in [6.07, 6.45) is 1.07.